The van der Waals surface area contributed by atoms with Crippen LogP contribution in [0.4, 0.5) is 10.8 Å². The zero-order valence-corrected chi connectivity index (χ0v) is 17.2. The molecule has 0 spiro atoms. The number of thioether (sulfide) groups is 1. The van der Waals surface area contributed by atoms with Gasteiger partial charge in [0.15, 0.2) is 10.3 Å². The lowest BCUT2D eigenvalue weighted by Gasteiger charge is -2.10. The molecule has 3 aromatic rings. The molecule has 0 aliphatic carbocycles. The Labute approximate surface area is 173 Å². The van der Waals surface area contributed by atoms with E-state index in [2.05, 4.69) is 20.5 Å². The summed E-state index contributed by atoms with van der Waals surface area (Å²) in [5.41, 5.74) is 0.809. The van der Waals surface area contributed by atoms with Gasteiger partial charge in [0, 0.05) is 29.6 Å². The van der Waals surface area contributed by atoms with Crippen LogP contribution in [0.15, 0.2) is 39.6 Å². The maximum absolute atomic E-state index is 12.5. The van der Waals surface area contributed by atoms with Gasteiger partial charge in [-0.05, 0) is 13.3 Å². The van der Waals surface area contributed by atoms with Crippen LogP contribution < -0.4 is 11.0 Å². The number of nitrogens with zero attached hydrogens (tertiary/aromatic N) is 4. The Kier molecular flexibility index (Phi) is 6.44. The molecule has 1 amide bonds. The Bertz CT molecular complexity index is 1090. The van der Waals surface area contributed by atoms with Crippen molar-refractivity contribution in [2.45, 2.75) is 37.2 Å². The van der Waals surface area contributed by atoms with Crippen LogP contribution in [0.1, 0.15) is 20.3 Å². The van der Waals surface area contributed by atoms with E-state index in [-0.39, 0.29) is 17.3 Å². The molecule has 1 atom stereocenters. The van der Waals surface area contributed by atoms with Gasteiger partial charge in [0.25, 0.3) is 5.69 Å². The zero-order chi connectivity index (χ0) is 21.0. The topological polar surface area (TPSA) is 136 Å². The van der Waals surface area contributed by atoms with Gasteiger partial charge in [-0.3, -0.25) is 19.5 Å². The molecule has 0 unspecified atom stereocenters. The van der Waals surface area contributed by atoms with E-state index in [9.17, 15) is 19.7 Å². The van der Waals surface area contributed by atoms with Crippen molar-refractivity contribution < 1.29 is 9.72 Å². The maximum atomic E-state index is 12.5. The fourth-order valence-electron chi connectivity index (χ4n) is 2.48. The number of carbonyl (C=O) groups excluding carboxylic acids is 1. The third-order valence-electron chi connectivity index (χ3n) is 3.91. The first-order valence-corrected chi connectivity index (χ1v) is 10.5. The third-order valence-corrected chi connectivity index (χ3v) is 5.76. The molecule has 3 rings (SSSR count). The first-order valence-electron chi connectivity index (χ1n) is 8.72. The minimum atomic E-state index is -0.508. The standard InChI is InChI=1S/C17H18N6O4S2/c1-3-7-22-16(25)20-21-17(22)29-10(2)14(24)19-15-18-13(9-28-15)11-5-4-6-12(8-11)23(26)27/h4-6,8-10H,3,7H2,1-2H3,(H,20,25)(H,18,19,24)/t10-/m1/s1. The lowest BCUT2D eigenvalue weighted by atomic mass is 10.1. The van der Waals surface area contributed by atoms with Crippen LogP contribution in [-0.4, -0.2) is 35.8 Å². The van der Waals surface area contributed by atoms with Crippen LogP contribution >= 0.6 is 23.1 Å². The number of aromatic nitrogens is 4. The third kappa shape index (κ3) is 4.90. The quantitative estimate of drug-likeness (QED) is 0.316. The molecule has 152 valence electrons. The molecule has 0 radical (unpaired) electrons. The highest BCUT2D eigenvalue weighted by molar-refractivity contribution is 8.00. The highest BCUT2D eigenvalue weighted by atomic mass is 32.2. The predicted octanol–water partition coefficient (Wildman–Crippen LogP) is 3.13. The van der Waals surface area contributed by atoms with Crippen LogP contribution in [0.5, 0.6) is 0 Å². The maximum Gasteiger partial charge on any atom is 0.343 e. The number of thiazole rings is 1. The number of hydrogen-bond donors (Lipinski definition) is 2. The Morgan fingerprint density at radius 2 is 2.28 bits per heavy atom. The van der Waals surface area contributed by atoms with Crippen molar-refractivity contribution >= 4 is 39.8 Å². The fourth-order valence-corrected chi connectivity index (χ4v) is 4.08. The molecule has 0 saturated heterocycles. The fraction of sp³-hybridized carbons (Fsp3) is 0.294. The summed E-state index contributed by atoms with van der Waals surface area (Å²) < 4.78 is 1.50. The second kappa shape index (κ2) is 9.01. The number of hydrogen-bond acceptors (Lipinski definition) is 8. The first kappa shape index (κ1) is 20.7. The number of benzene rings is 1. The van der Waals surface area contributed by atoms with E-state index < -0.39 is 10.2 Å². The molecular formula is C17H18N6O4S2. The number of anilines is 1. The van der Waals surface area contributed by atoms with Crippen molar-refractivity contribution in [1.82, 2.24) is 19.7 Å². The summed E-state index contributed by atoms with van der Waals surface area (Å²) in [7, 11) is 0. The van der Waals surface area contributed by atoms with E-state index in [0.29, 0.717) is 28.1 Å². The molecule has 12 heteroatoms. The number of rotatable bonds is 8. The van der Waals surface area contributed by atoms with Gasteiger partial charge in [-0.1, -0.05) is 30.8 Å². The largest absolute Gasteiger partial charge is 0.343 e. The molecular weight excluding hydrogens is 416 g/mol. The van der Waals surface area contributed by atoms with Gasteiger partial charge in [-0.2, -0.15) is 0 Å². The van der Waals surface area contributed by atoms with Crippen molar-refractivity contribution in [3.8, 4) is 11.3 Å². The summed E-state index contributed by atoms with van der Waals surface area (Å²) in [4.78, 5) is 39.1. The molecule has 10 nitrogen and oxygen atoms in total. The molecule has 2 N–H and O–H groups in total. The summed E-state index contributed by atoms with van der Waals surface area (Å²) in [6.45, 7) is 4.18. The zero-order valence-electron chi connectivity index (χ0n) is 15.6. The van der Waals surface area contributed by atoms with Gasteiger partial charge in [-0.15, -0.1) is 16.4 Å². The van der Waals surface area contributed by atoms with E-state index in [1.165, 1.54) is 39.8 Å². The average molecular weight is 435 g/mol. The number of nitro groups is 1. The number of nitro benzene ring substituents is 1. The molecule has 0 bridgehead atoms. The molecule has 2 aromatic heterocycles. The first-order chi connectivity index (χ1) is 13.9. The lowest BCUT2D eigenvalue weighted by Crippen LogP contribution is -2.24. The van der Waals surface area contributed by atoms with Gasteiger partial charge in [-0.25, -0.2) is 14.9 Å². The normalized spacial score (nSPS) is 11.9. The number of non-ortho nitro benzene ring substituents is 1. The average Bonchev–Trinajstić information content (AvgIpc) is 3.30. The van der Waals surface area contributed by atoms with Crippen molar-refractivity contribution in [3.05, 3.63) is 50.2 Å². The van der Waals surface area contributed by atoms with E-state index in [1.807, 2.05) is 6.92 Å². The Balaban J connectivity index is 1.68. The number of H-pyrrole nitrogens is 1. The summed E-state index contributed by atoms with van der Waals surface area (Å²) in [5, 5.41) is 22.1. The highest BCUT2D eigenvalue weighted by Gasteiger charge is 2.20. The predicted molar refractivity (Wildman–Crippen MR) is 111 cm³/mol. The van der Waals surface area contributed by atoms with Gasteiger partial charge in [0.2, 0.25) is 5.91 Å². The number of amides is 1. The lowest BCUT2D eigenvalue weighted by molar-refractivity contribution is -0.384. The van der Waals surface area contributed by atoms with Crippen LogP contribution in [0.3, 0.4) is 0 Å². The molecule has 0 aliphatic rings. The molecule has 0 aliphatic heterocycles. The second-order valence-corrected chi connectivity index (χ2v) is 8.22. The summed E-state index contributed by atoms with van der Waals surface area (Å²) in [5.74, 6) is -0.284. The SMILES string of the molecule is CCCn1c(S[C@H](C)C(=O)Nc2nc(-c3cccc([N+](=O)[O-])c3)cs2)n[nH]c1=O. The Hall–Kier alpha value is -2.99. The molecule has 0 fully saturated rings. The summed E-state index contributed by atoms with van der Waals surface area (Å²) in [6.07, 6.45) is 0.771. The van der Waals surface area contributed by atoms with E-state index in [4.69, 9.17) is 0 Å². The summed E-state index contributed by atoms with van der Waals surface area (Å²) in [6, 6.07) is 6.15. The van der Waals surface area contributed by atoms with Gasteiger partial charge < -0.3 is 5.32 Å². The van der Waals surface area contributed by atoms with Crippen molar-refractivity contribution in [2.24, 2.45) is 0 Å². The highest BCUT2D eigenvalue weighted by Crippen LogP contribution is 2.28. The van der Waals surface area contributed by atoms with Gasteiger partial charge in [0.1, 0.15) is 0 Å². The van der Waals surface area contributed by atoms with Crippen LogP contribution in [-0.2, 0) is 11.3 Å². The van der Waals surface area contributed by atoms with Gasteiger partial charge >= 0.3 is 5.69 Å². The van der Waals surface area contributed by atoms with Crippen molar-refractivity contribution in [2.75, 3.05) is 5.32 Å². The number of nitrogens with one attached hydrogen (secondary N) is 2. The molecule has 1 aromatic carbocycles. The smallest absolute Gasteiger partial charge is 0.301 e. The Morgan fingerprint density at radius 3 is 3.00 bits per heavy atom. The monoisotopic (exact) mass is 434 g/mol. The summed E-state index contributed by atoms with van der Waals surface area (Å²) >= 11 is 2.40. The molecule has 29 heavy (non-hydrogen) atoms. The van der Waals surface area contributed by atoms with Crippen LogP contribution in [0, 0.1) is 10.1 Å². The minimum Gasteiger partial charge on any atom is -0.301 e. The van der Waals surface area contributed by atoms with E-state index >= 15 is 0 Å². The second-order valence-electron chi connectivity index (χ2n) is 6.06. The minimum absolute atomic E-state index is 0.0248. The number of carbonyl (C=O) groups is 1. The van der Waals surface area contributed by atoms with Crippen LogP contribution in [0.2, 0.25) is 0 Å². The number of aromatic amines is 1. The van der Waals surface area contributed by atoms with Crippen LogP contribution in [0.25, 0.3) is 11.3 Å². The van der Waals surface area contributed by atoms with E-state index in [0.717, 1.165) is 6.42 Å². The van der Waals surface area contributed by atoms with Crippen molar-refractivity contribution in [3.63, 3.8) is 0 Å². The molecule has 0 saturated carbocycles. The molecule has 2 heterocycles. The van der Waals surface area contributed by atoms with Gasteiger partial charge in [0.05, 0.1) is 15.9 Å². The van der Waals surface area contributed by atoms with Crippen molar-refractivity contribution in [1.29, 1.82) is 0 Å². The van der Waals surface area contributed by atoms with E-state index in [1.54, 1.807) is 24.4 Å². The Morgan fingerprint density at radius 1 is 1.48 bits per heavy atom.